The summed E-state index contributed by atoms with van der Waals surface area (Å²) in [6.07, 6.45) is 5.14. The predicted molar refractivity (Wildman–Crippen MR) is 71.0 cm³/mol. The molecule has 0 aliphatic rings. The van der Waals surface area contributed by atoms with E-state index in [-0.39, 0.29) is 0 Å². The van der Waals surface area contributed by atoms with E-state index >= 15 is 0 Å². The first-order chi connectivity index (χ1) is 8.69. The molecular weight excluding hydrogens is 226 g/mol. The van der Waals surface area contributed by atoms with E-state index in [1.807, 2.05) is 29.5 Å². The molecule has 0 aromatic carbocycles. The van der Waals surface area contributed by atoms with E-state index in [1.54, 1.807) is 0 Å². The van der Waals surface area contributed by atoms with Crippen molar-refractivity contribution < 1.29 is 0 Å². The quantitative estimate of drug-likeness (QED) is 0.844. The molecule has 98 valence electrons. The Morgan fingerprint density at radius 2 is 2.17 bits per heavy atom. The first-order valence-corrected chi connectivity index (χ1v) is 6.40. The van der Waals surface area contributed by atoms with Gasteiger partial charge in [-0.05, 0) is 19.4 Å². The van der Waals surface area contributed by atoms with Crippen molar-refractivity contribution in [3.8, 4) is 0 Å². The van der Waals surface area contributed by atoms with Gasteiger partial charge in [0.1, 0.15) is 0 Å². The molecule has 0 fully saturated rings. The molecule has 18 heavy (non-hydrogen) atoms. The molecule has 0 bridgehead atoms. The lowest BCUT2D eigenvalue weighted by Crippen LogP contribution is -2.14. The van der Waals surface area contributed by atoms with Crippen LogP contribution in [0.1, 0.15) is 30.3 Å². The fourth-order valence-corrected chi connectivity index (χ4v) is 2.01. The highest BCUT2D eigenvalue weighted by atomic mass is 15.3. The van der Waals surface area contributed by atoms with Gasteiger partial charge in [0.05, 0.1) is 17.6 Å². The van der Waals surface area contributed by atoms with Crippen molar-refractivity contribution in [1.29, 1.82) is 0 Å². The minimum Gasteiger partial charge on any atom is -0.307 e. The van der Waals surface area contributed by atoms with Gasteiger partial charge in [0.25, 0.3) is 0 Å². The van der Waals surface area contributed by atoms with Crippen LogP contribution in [0.15, 0.2) is 18.5 Å². The lowest BCUT2D eigenvalue weighted by atomic mass is 10.3. The van der Waals surface area contributed by atoms with E-state index in [0.717, 1.165) is 31.7 Å². The molecule has 5 heteroatoms. The zero-order valence-electron chi connectivity index (χ0n) is 11.3. The van der Waals surface area contributed by atoms with E-state index in [9.17, 15) is 0 Å². The third-order valence-corrected chi connectivity index (χ3v) is 2.87. The highest BCUT2D eigenvalue weighted by Gasteiger charge is 2.02. The molecule has 1 N–H and O–H groups in total. The average Bonchev–Trinajstić information content (AvgIpc) is 2.87. The number of hydrogen-bond acceptors (Lipinski definition) is 3. The monoisotopic (exact) mass is 247 g/mol. The number of aromatic nitrogens is 4. The lowest BCUT2D eigenvalue weighted by Gasteiger charge is -2.03. The highest BCUT2D eigenvalue weighted by molar-refractivity contribution is 5.09. The maximum absolute atomic E-state index is 4.33. The van der Waals surface area contributed by atoms with Crippen molar-refractivity contribution in [2.45, 2.75) is 39.9 Å². The minimum atomic E-state index is 0.830. The first-order valence-electron chi connectivity index (χ1n) is 6.40. The Hall–Kier alpha value is -1.62. The van der Waals surface area contributed by atoms with Gasteiger partial charge in [0.15, 0.2) is 0 Å². The van der Waals surface area contributed by atoms with Crippen molar-refractivity contribution in [1.82, 2.24) is 24.9 Å². The average molecular weight is 247 g/mol. The molecule has 0 atom stereocenters. The van der Waals surface area contributed by atoms with Crippen molar-refractivity contribution in [3.63, 3.8) is 0 Å². The summed E-state index contributed by atoms with van der Waals surface area (Å²) in [5.74, 6) is 0. The summed E-state index contributed by atoms with van der Waals surface area (Å²) in [5, 5.41) is 12.1. The van der Waals surface area contributed by atoms with Gasteiger partial charge in [0, 0.05) is 38.4 Å². The molecule has 0 unspecified atom stereocenters. The second-order valence-electron chi connectivity index (χ2n) is 4.62. The second kappa shape index (κ2) is 5.82. The number of hydrogen-bond donors (Lipinski definition) is 1. The van der Waals surface area contributed by atoms with E-state index in [2.05, 4.69) is 34.7 Å². The summed E-state index contributed by atoms with van der Waals surface area (Å²) in [4.78, 5) is 0. The van der Waals surface area contributed by atoms with Crippen LogP contribution in [0.5, 0.6) is 0 Å². The number of aryl methyl sites for hydroxylation is 3. The van der Waals surface area contributed by atoms with Crippen LogP contribution >= 0.6 is 0 Å². The third-order valence-electron chi connectivity index (χ3n) is 2.87. The standard InChI is InChI=1S/C13H21N5/c1-4-5-18-10-12(8-15-18)7-14-9-13-6-11(2)16-17(13)3/h6,8,10,14H,4-5,7,9H2,1-3H3. The van der Waals surface area contributed by atoms with Crippen LogP contribution in [0.2, 0.25) is 0 Å². The highest BCUT2D eigenvalue weighted by Crippen LogP contribution is 2.03. The SMILES string of the molecule is CCCn1cc(CNCc2cc(C)nn2C)cn1. The van der Waals surface area contributed by atoms with Crippen LogP contribution in [-0.4, -0.2) is 19.6 Å². The molecule has 5 nitrogen and oxygen atoms in total. The van der Waals surface area contributed by atoms with Crippen LogP contribution in [0.25, 0.3) is 0 Å². The van der Waals surface area contributed by atoms with Crippen molar-refractivity contribution in [2.75, 3.05) is 0 Å². The molecule has 2 rings (SSSR count). The molecular formula is C13H21N5. The Morgan fingerprint density at radius 3 is 2.83 bits per heavy atom. The zero-order valence-corrected chi connectivity index (χ0v) is 11.3. The maximum atomic E-state index is 4.33. The van der Waals surface area contributed by atoms with Gasteiger partial charge in [-0.25, -0.2) is 0 Å². The van der Waals surface area contributed by atoms with E-state index in [1.165, 1.54) is 11.3 Å². The predicted octanol–water partition coefficient (Wildman–Crippen LogP) is 1.62. The van der Waals surface area contributed by atoms with Gasteiger partial charge in [-0.2, -0.15) is 10.2 Å². The third kappa shape index (κ3) is 3.20. The number of nitrogens with zero attached hydrogens (tertiary/aromatic N) is 4. The van der Waals surface area contributed by atoms with Crippen molar-refractivity contribution >= 4 is 0 Å². The summed E-state index contributed by atoms with van der Waals surface area (Å²) in [6, 6.07) is 2.10. The van der Waals surface area contributed by atoms with Crippen LogP contribution in [0.3, 0.4) is 0 Å². The van der Waals surface area contributed by atoms with Gasteiger partial charge in [-0.1, -0.05) is 6.92 Å². The molecule has 2 aromatic rings. The first kappa shape index (κ1) is 12.8. The fourth-order valence-electron chi connectivity index (χ4n) is 2.01. The van der Waals surface area contributed by atoms with Gasteiger partial charge in [-0.3, -0.25) is 9.36 Å². The molecule has 0 amide bonds. The smallest absolute Gasteiger partial charge is 0.0597 e. The van der Waals surface area contributed by atoms with E-state index in [0.29, 0.717) is 0 Å². The van der Waals surface area contributed by atoms with Gasteiger partial charge >= 0.3 is 0 Å². The summed E-state index contributed by atoms with van der Waals surface area (Å²) < 4.78 is 3.91. The zero-order chi connectivity index (χ0) is 13.0. The van der Waals surface area contributed by atoms with E-state index < -0.39 is 0 Å². The van der Waals surface area contributed by atoms with Gasteiger partial charge < -0.3 is 5.32 Å². The molecule has 2 aromatic heterocycles. The summed E-state index contributed by atoms with van der Waals surface area (Å²) in [5.41, 5.74) is 3.49. The molecule has 0 spiro atoms. The molecule has 0 radical (unpaired) electrons. The largest absolute Gasteiger partial charge is 0.307 e. The van der Waals surface area contributed by atoms with Crippen LogP contribution in [0, 0.1) is 6.92 Å². The van der Waals surface area contributed by atoms with Crippen LogP contribution in [0.4, 0.5) is 0 Å². The Labute approximate surface area is 108 Å². The second-order valence-corrected chi connectivity index (χ2v) is 4.62. The lowest BCUT2D eigenvalue weighted by molar-refractivity contribution is 0.599. The van der Waals surface area contributed by atoms with Gasteiger partial charge in [0.2, 0.25) is 0 Å². The molecule has 2 heterocycles. The summed E-state index contributed by atoms with van der Waals surface area (Å²) in [7, 11) is 1.98. The molecule has 0 aliphatic carbocycles. The molecule has 0 saturated carbocycles. The van der Waals surface area contributed by atoms with Crippen LogP contribution < -0.4 is 5.32 Å². The number of rotatable bonds is 6. The Bertz CT molecular complexity index is 497. The summed E-state index contributed by atoms with van der Waals surface area (Å²) in [6.45, 7) is 6.83. The van der Waals surface area contributed by atoms with Crippen LogP contribution in [-0.2, 0) is 26.7 Å². The van der Waals surface area contributed by atoms with Gasteiger partial charge in [-0.15, -0.1) is 0 Å². The molecule has 0 aliphatic heterocycles. The topological polar surface area (TPSA) is 47.7 Å². The Balaban J connectivity index is 1.82. The van der Waals surface area contributed by atoms with Crippen molar-refractivity contribution in [2.24, 2.45) is 7.05 Å². The normalized spacial score (nSPS) is 11.1. The maximum Gasteiger partial charge on any atom is 0.0597 e. The van der Waals surface area contributed by atoms with Crippen molar-refractivity contribution in [3.05, 3.63) is 35.4 Å². The Morgan fingerprint density at radius 1 is 1.33 bits per heavy atom. The van der Waals surface area contributed by atoms with E-state index in [4.69, 9.17) is 0 Å². The fraction of sp³-hybridized carbons (Fsp3) is 0.538. The Kier molecular flexibility index (Phi) is 4.15. The number of nitrogens with one attached hydrogen (secondary N) is 1. The minimum absolute atomic E-state index is 0.830. The molecule has 0 saturated heterocycles. The summed E-state index contributed by atoms with van der Waals surface area (Å²) >= 11 is 0.